The number of nitrogens with one attached hydrogen (secondary N) is 2. The van der Waals surface area contributed by atoms with Gasteiger partial charge in [-0.1, -0.05) is 54.6 Å². The maximum Gasteiger partial charge on any atom is 0.323 e. The molecule has 1 aliphatic rings. The lowest BCUT2D eigenvalue weighted by Gasteiger charge is -2.35. The van der Waals surface area contributed by atoms with Gasteiger partial charge in [-0.3, -0.25) is 19.5 Å². The Hall–Kier alpha value is -4.89. The van der Waals surface area contributed by atoms with Crippen LogP contribution in [0.5, 0.6) is 0 Å². The zero-order chi connectivity index (χ0) is 28.8. The Morgan fingerprint density at radius 1 is 0.805 bits per heavy atom. The number of hydrogen-bond acceptors (Lipinski definition) is 5. The number of benzene rings is 3. The highest BCUT2D eigenvalue weighted by atomic mass is 19.1. The molecule has 1 aliphatic heterocycles. The van der Waals surface area contributed by atoms with Gasteiger partial charge < -0.3 is 15.5 Å². The van der Waals surface area contributed by atoms with Crippen LogP contribution >= 0.6 is 0 Å². The summed E-state index contributed by atoms with van der Waals surface area (Å²) in [4.78, 5) is 46.4. The fourth-order valence-electron chi connectivity index (χ4n) is 4.71. The van der Waals surface area contributed by atoms with Crippen LogP contribution in [0.25, 0.3) is 0 Å². The second-order valence-corrected chi connectivity index (χ2v) is 9.89. The van der Waals surface area contributed by atoms with Gasteiger partial charge in [-0.2, -0.15) is 0 Å². The first-order chi connectivity index (χ1) is 19.9. The number of pyridine rings is 1. The van der Waals surface area contributed by atoms with E-state index in [0.717, 1.165) is 5.69 Å². The first-order valence-electron chi connectivity index (χ1n) is 13.4. The van der Waals surface area contributed by atoms with Gasteiger partial charge in [0, 0.05) is 60.7 Å². The number of carbonyl (C=O) groups excluding carboxylic acids is 3. The Morgan fingerprint density at radius 3 is 2.24 bits per heavy atom. The number of urea groups is 1. The highest BCUT2D eigenvalue weighted by Crippen LogP contribution is 2.21. The third kappa shape index (κ3) is 6.82. The summed E-state index contributed by atoms with van der Waals surface area (Å²) in [6.07, 6.45) is 1.53. The van der Waals surface area contributed by atoms with E-state index in [-0.39, 0.29) is 17.4 Å². The normalized spacial score (nSPS) is 13.5. The van der Waals surface area contributed by atoms with E-state index in [9.17, 15) is 14.4 Å². The third-order valence-corrected chi connectivity index (χ3v) is 6.96. The van der Waals surface area contributed by atoms with E-state index >= 15 is 4.39 Å². The van der Waals surface area contributed by atoms with Crippen molar-refractivity contribution < 1.29 is 18.8 Å². The molecule has 1 saturated heterocycles. The van der Waals surface area contributed by atoms with E-state index in [1.165, 1.54) is 12.3 Å². The van der Waals surface area contributed by atoms with Crippen molar-refractivity contribution >= 4 is 29.1 Å². The second-order valence-electron chi connectivity index (χ2n) is 9.89. The van der Waals surface area contributed by atoms with E-state index in [2.05, 4.69) is 20.5 Å². The minimum absolute atomic E-state index is 0.0822. The maximum absolute atomic E-state index is 15.3. The molecule has 0 radical (unpaired) electrons. The van der Waals surface area contributed by atoms with Crippen LogP contribution < -0.4 is 10.6 Å². The van der Waals surface area contributed by atoms with Crippen molar-refractivity contribution in [2.75, 3.05) is 36.8 Å². The van der Waals surface area contributed by atoms with Gasteiger partial charge in [0.2, 0.25) is 0 Å². The van der Waals surface area contributed by atoms with Gasteiger partial charge in [0.15, 0.2) is 11.6 Å². The SMILES string of the molecule is Cc1ccc(NC(=O)Nc2cccc(CN3CCN(C(=O)c4cccc(C(=O)c5ccccc5)c4)CC3)c2F)cn1. The first-order valence-corrected chi connectivity index (χ1v) is 13.4. The molecule has 2 heterocycles. The van der Waals surface area contributed by atoms with Gasteiger partial charge in [-0.25, -0.2) is 9.18 Å². The van der Waals surface area contributed by atoms with Crippen LogP contribution in [0.2, 0.25) is 0 Å². The Labute approximate surface area is 237 Å². The van der Waals surface area contributed by atoms with E-state index < -0.39 is 11.8 Å². The van der Waals surface area contributed by atoms with Crippen LogP contribution in [0.3, 0.4) is 0 Å². The zero-order valence-electron chi connectivity index (χ0n) is 22.6. The fraction of sp³-hybridized carbons (Fsp3) is 0.188. The van der Waals surface area contributed by atoms with E-state index in [1.807, 2.05) is 25.1 Å². The lowest BCUT2D eigenvalue weighted by Crippen LogP contribution is -2.48. The number of piperazine rings is 1. The average Bonchev–Trinajstić information content (AvgIpc) is 3.00. The number of anilines is 2. The minimum Gasteiger partial charge on any atom is -0.336 e. The number of aromatic nitrogens is 1. The Bertz CT molecular complexity index is 1550. The first kappa shape index (κ1) is 27.7. The molecule has 5 rings (SSSR count). The number of hydrogen-bond donors (Lipinski definition) is 2. The molecule has 1 aromatic heterocycles. The molecule has 9 heteroatoms. The maximum atomic E-state index is 15.3. The molecule has 208 valence electrons. The minimum atomic E-state index is -0.562. The molecule has 3 amide bonds. The molecule has 41 heavy (non-hydrogen) atoms. The predicted octanol–water partition coefficient (Wildman–Crippen LogP) is 5.36. The lowest BCUT2D eigenvalue weighted by molar-refractivity contribution is 0.0627. The van der Waals surface area contributed by atoms with Crippen molar-refractivity contribution in [3.63, 3.8) is 0 Å². The number of halogens is 1. The summed E-state index contributed by atoms with van der Waals surface area (Å²) in [7, 11) is 0. The van der Waals surface area contributed by atoms with Crippen LogP contribution in [-0.2, 0) is 6.54 Å². The molecule has 0 bridgehead atoms. The zero-order valence-corrected chi connectivity index (χ0v) is 22.6. The topological polar surface area (TPSA) is 94.6 Å². The monoisotopic (exact) mass is 551 g/mol. The van der Waals surface area contributed by atoms with Crippen molar-refractivity contribution in [2.45, 2.75) is 13.5 Å². The van der Waals surface area contributed by atoms with Gasteiger partial charge in [0.1, 0.15) is 0 Å². The summed E-state index contributed by atoms with van der Waals surface area (Å²) in [6.45, 7) is 4.26. The highest BCUT2D eigenvalue weighted by Gasteiger charge is 2.24. The van der Waals surface area contributed by atoms with Crippen molar-refractivity contribution in [3.05, 3.63) is 125 Å². The van der Waals surface area contributed by atoms with Crippen LogP contribution in [0, 0.1) is 12.7 Å². The number of ketones is 1. The number of aryl methyl sites for hydroxylation is 1. The van der Waals surface area contributed by atoms with Gasteiger partial charge in [0.25, 0.3) is 5.91 Å². The molecule has 1 fully saturated rings. The molecule has 4 aromatic rings. The molecular weight excluding hydrogens is 521 g/mol. The summed E-state index contributed by atoms with van der Waals surface area (Å²) >= 11 is 0. The van der Waals surface area contributed by atoms with Crippen LogP contribution in [-0.4, -0.2) is 58.7 Å². The summed E-state index contributed by atoms with van der Waals surface area (Å²) in [6, 6.07) is 23.6. The van der Waals surface area contributed by atoms with Crippen molar-refractivity contribution in [2.24, 2.45) is 0 Å². The summed E-state index contributed by atoms with van der Waals surface area (Å²) in [5.41, 5.74) is 3.36. The number of amides is 3. The van der Waals surface area contributed by atoms with Crippen LogP contribution in [0.1, 0.15) is 37.5 Å². The van der Waals surface area contributed by atoms with Crippen molar-refractivity contribution in [3.8, 4) is 0 Å². The molecule has 0 aliphatic carbocycles. The largest absolute Gasteiger partial charge is 0.336 e. The van der Waals surface area contributed by atoms with Gasteiger partial charge >= 0.3 is 6.03 Å². The average molecular weight is 552 g/mol. The second kappa shape index (κ2) is 12.5. The van der Waals surface area contributed by atoms with E-state index in [0.29, 0.717) is 60.7 Å². The van der Waals surface area contributed by atoms with Crippen LogP contribution in [0.15, 0.2) is 91.1 Å². The summed E-state index contributed by atoms with van der Waals surface area (Å²) in [5, 5.41) is 5.21. The quantitative estimate of drug-likeness (QED) is 0.302. The predicted molar refractivity (Wildman–Crippen MR) is 156 cm³/mol. The van der Waals surface area contributed by atoms with Crippen molar-refractivity contribution in [1.29, 1.82) is 0 Å². The number of rotatable bonds is 7. The smallest absolute Gasteiger partial charge is 0.323 e. The van der Waals surface area contributed by atoms with Crippen molar-refractivity contribution in [1.82, 2.24) is 14.8 Å². The molecule has 0 unspecified atom stereocenters. The van der Waals surface area contributed by atoms with E-state index in [1.54, 1.807) is 65.6 Å². The highest BCUT2D eigenvalue weighted by molar-refractivity contribution is 6.10. The van der Waals surface area contributed by atoms with E-state index in [4.69, 9.17) is 0 Å². The lowest BCUT2D eigenvalue weighted by atomic mass is 10.0. The van der Waals surface area contributed by atoms with Gasteiger partial charge in [0.05, 0.1) is 17.6 Å². The summed E-state index contributed by atoms with van der Waals surface area (Å²) in [5.74, 6) is -0.768. The molecule has 2 N–H and O–H groups in total. The standard InChI is InChI=1S/C32H30FN5O3/c1-22-13-14-27(20-34-22)35-32(41)36-28-12-6-11-26(29(28)33)21-37-15-17-38(18-16-37)31(40)25-10-5-9-24(19-25)30(39)23-7-3-2-4-8-23/h2-14,19-20H,15-18,21H2,1H3,(H2,35,36,41). The van der Waals surface area contributed by atoms with Gasteiger partial charge in [-0.15, -0.1) is 0 Å². The Balaban J connectivity index is 1.16. The number of carbonyl (C=O) groups is 3. The molecule has 0 spiro atoms. The Kier molecular flexibility index (Phi) is 8.45. The van der Waals surface area contributed by atoms with Crippen LogP contribution in [0.4, 0.5) is 20.6 Å². The summed E-state index contributed by atoms with van der Waals surface area (Å²) < 4.78 is 15.3. The third-order valence-electron chi connectivity index (χ3n) is 6.96. The molecule has 3 aromatic carbocycles. The molecular formula is C32H30FN5O3. The molecule has 0 saturated carbocycles. The molecule has 0 atom stereocenters. The number of nitrogens with zero attached hydrogens (tertiary/aromatic N) is 3. The van der Waals surface area contributed by atoms with Gasteiger partial charge in [-0.05, 0) is 37.3 Å². The Morgan fingerprint density at radius 2 is 1.51 bits per heavy atom. The fourth-order valence-corrected chi connectivity index (χ4v) is 4.71. The molecule has 8 nitrogen and oxygen atoms in total.